The van der Waals surface area contributed by atoms with Gasteiger partial charge in [-0.1, -0.05) is 19.3 Å². The van der Waals surface area contributed by atoms with Crippen LogP contribution in [0.2, 0.25) is 5.22 Å². The van der Waals surface area contributed by atoms with Crippen LogP contribution in [-0.2, 0) is 0 Å². The van der Waals surface area contributed by atoms with Crippen molar-refractivity contribution in [2.24, 2.45) is 5.92 Å². The van der Waals surface area contributed by atoms with E-state index in [1.165, 1.54) is 38.4 Å². The maximum atomic E-state index is 12.1. The lowest BCUT2D eigenvalue weighted by molar-refractivity contribution is 0.0760. The van der Waals surface area contributed by atoms with Crippen molar-refractivity contribution in [2.45, 2.75) is 32.1 Å². The van der Waals surface area contributed by atoms with E-state index in [1.54, 1.807) is 11.0 Å². The first-order valence-corrected chi connectivity index (χ1v) is 6.54. The Morgan fingerprint density at radius 2 is 2.18 bits per heavy atom. The van der Waals surface area contributed by atoms with Crippen LogP contribution in [0.1, 0.15) is 42.5 Å². The first-order chi connectivity index (χ1) is 8.18. The average Bonchev–Trinajstić information content (AvgIpc) is 2.76. The third-order valence-electron chi connectivity index (χ3n) is 3.45. The molecule has 0 spiro atoms. The van der Waals surface area contributed by atoms with E-state index in [2.05, 4.69) is 0 Å². The predicted molar refractivity (Wildman–Crippen MR) is 67.3 cm³/mol. The van der Waals surface area contributed by atoms with Crippen molar-refractivity contribution < 1.29 is 9.21 Å². The Kier molecular flexibility index (Phi) is 4.11. The fourth-order valence-corrected chi connectivity index (χ4v) is 2.69. The summed E-state index contributed by atoms with van der Waals surface area (Å²) in [6.45, 7) is 0.820. The first-order valence-electron chi connectivity index (χ1n) is 6.17. The van der Waals surface area contributed by atoms with Gasteiger partial charge in [0.1, 0.15) is 0 Å². The molecule has 94 valence electrons. The number of hydrogen-bond acceptors (Lipinski definition) is 2. The van der Waals surface area contributed by atoms with Crippen LogP contribution in [0.4, 0.5) is 0 Å². The highest BCUT2D eigenvalue weighted by Gasteiger charge is 2.21. The largest absolute Gasteiger partial charge is 0.452 e. The molecule has 1 heterocycles. The number of hydrogen-bond donors (Lipinski definition) is 0. The topological polar surface area (TPSA) is 33.5 Å². The van der Waals surface area contributed by atoms with Gasteiger partial charge in [0, 0.05) is 13.6 Å². The van der Waals surface area contributed by atoms with Crippen molar-refractivity contribution in [3.05, 3.63) is 23.1 Å². The number of rotatable bonds is 3. The molecule has 1 aromatic rings. The molecule has 1 aromatic heterocycles. The van der Waals surface area contributed by atoms with Crippen molar-refractivity contribution in [1.29, 1.82) is 0 Å². The van der Waals surface area contributed by atoms with Crippen LogP contribution in [0.25, 0.3) is 0 Å². The Hall–Kier alpha value is -0.960. The standard InChI is InChI=1S/C13H18ClNO2/c1-15(9-10-5-3-2-4-6-10)13(16)11-7-8-17-12(11)14/h7-8,10H,2-6,9H2,1H3. The normalized spacial score (nSPS) is 17.1. The fourth-order valence-electron chi connectivity index (χ4n) is 2.49. The first kappa shape index (κ1) is 12.5. The van der Waals surface area contributed by atoms with Gasteiger partial charge < -0.3 is 9.32 Å². The number of amides is 1. The lowest BCUT2D eigenvalue weighted by Crippen LogP contribution is -2.32. The Morgan fingerprint density at radius 1 is 1.47 bits per heavy atom. The summed E-state index contributed by atoms with van der Waals surface area (Å²) >= 11 is 5.81. The summed E-state index contributed by atoms with van der Waals surface area (Å²) in [4.78, 5) is 13.8. The minimum Gasteiger partial charge on any atom is -0.452 e. The third-order valence-corrected chi connectivity index (χ3v) is 3.74. The molecule has 0 unspecified atom stereocenters. The molecule has 4 heteroatoms. The van der Waals surface area contributed by atoms with Crippen LogP contribution in [0.3, 0.4) is 0 Å². The van der Waals surface area contributed by atoms with Crippen LogP contribution >= 0.6 is 11.6 Å². The molecule has 2 rings (SSSR count). The van der Waals surface area contributed by atoms with Gasteiger partial charge in [0.05, 0.1) is 11.8 Å². The second-order valence-electron chi connectivity index (χ2n) is 4.80. The minimum absolute atomic E-state index is 0.0469. The van der Waals surface area contributed by atoms with Gasteiger partial charge in [0.2, 0.25) is 5.22 Å². The van der Waals surface area contributed by atoms with Gasteiger partial charge in [-0.25, -0.2) is 0 Å². The van der Waals surface area contributed by atoms with Gasteiger partial charge in [-0.2, -0.15) is 0 Å². The highest BCUT2D eigenvalue weighted by Crippen LogP contribution is 2.25. The number of nitrogens with zero attached hydrogens (tertiary/aromatic N) is 1. The van der Waals surface area contributed by atoms with E-state index in [4.69, 9.17) is 16.0 Å². The Bertz CT molecular complexity index is 383. The zero-order chi connectivity index (χ0) is 12.3. The molecule has 0 radical (unpaired) electrons. The average molecular weight is 256 g/mol. The van der Waals surface area contributed by atoms with Crippen molar-refractivity contribution in [3.8, 4) is 0 Å². The molecule has 1 aliphatic carbocycles. The quantitative estimate of drug-likeness (QED) is 0.827. The monoisotopic (exact) mass is 255 g/mol. The van der Waals surface area contributed by atoms with Crippen LogP contribution in [0.5, 0.6) is 0 Å². The van der Waals surface area contributed by atoms with Gasteiger partial charge in [-0.05, 0) is 36.4 Å². The van der Waals surface area contributed by atoms with E-state index in [1.807, 2.05) is 7.05 Å². The fraction of sp³-hybridized carbons (Fsp3) is 0.615. The van der Waals surface area contributed by atoms with Crippen LogP contribution < -0.4 is 0 Å². The van der Waals surface area contributed by atoms with E-state index in [0.29, 0.717) is 11.5 Å². The van der Waals surface area contributed by atoms with Gasteiger partial charge in [-0.15, -0.1) is 0 Å². The summed E-state index contributed by atoms with van der Waals surface area (Å²) in [5.74, 6) is 0.595. The van der Waals surface area contributed by atoms with Crippen molar-refractivity contribution in [3.63, 3.8) is 0 Å². The molecule has 0 atom stereocenters. The molecular formula is C13H18ClNO2. The lowest BCUT2D eigenvalue weighted by Gasteiger charge is -2.26. The van der Waals surface area contributed by atoms with Crippen LogP contribution in [0, 0.1) is 5.92 Å². The zero-order valence-electron chi connectivity index (χ0n) is 10.1. The smallest absolute Gasteiger partial charge is 0.258 e. The van der Waals surface area contributed by atoms with Gasteiger partial charge in [0.25, 0.3) is 5.91 Å². The molecule has 0 aromatic carbocycles. The lowest BCUT2D eigenvalue weighted by atomic mass is 9.89. The maximum absolute atomic E-state index is 12.1. The molecular weight excluding hydrogens is 238 g/mol. The Balaban J connectivity index is 1.93. The van der Waals surface area contributed by atoms with Gasteiger partial charge in [0.15, 0.2) is 0 Å². The highest BCUT2D eigenvalue weighted by molar-refractivity contribution is 6.32. The highest BCUT2D eigenvalue weighted by atomic mass is 35.5. The second-order valence-corrected chi connectivity index (χ2v) is 5.14. The summed E-state index contributed by atoms with van der Waals surface area (Å²) in [6.07, 6.45) is 7.83. The molecule has 1 amide bonds. The molecule has 1 aliphatic rings. The molecule has 0 N–H and O–H groups in total. The van der Waals surface area contributed by atoms with Crippen LogP contribution in [0.15, 0.2) is 16.7 Å². The summed E-state index contributed by atoms with van der Waals surface area (Å²) in [6, 6.07) is 1.63. The van der Waals surface area contributed by atoms with E-state index in [0.717, 1.165) is 6.54 Å². The number of halogens is 1. The summed E-state index contributed by atoms with van der Waals surface area (Å²) in [5.41, 5.74) is 0.463. The molecule has 3 nitrogen and oxygen atoms in total. The maximum Gasteiger partial charge on any atom is 0.258 e. The van der Waals surface area contributed by atoms with Crippen LogP contribution in [-0.4, -0.2) is 24.4 Å². The number of carbonyl (C=O) groups excluding carboxylic acids is 1. The van der Waals surface area contributed by atoms with Gasteiger partial charge in [-0.3, -0.25) is 4.79 Å². The Morgan fingerprint density at radius 3 is 2.76 bits per heavy atom. The van der Waals surface area contributed by atoms with Crippen molar-refractivity contribution >= 4 is 17.5 Å². The summed E-state index contributed by atoms with van der Waals surface area (Å²) in [5, 5.41) is 0.186. The second kappa shape index (κ2) is 5.58. The molecule has 0 saturated heterocycles. The van der Waals surface area contributed by atoms with E-state index >= 15 is 0 Å². The summed E-state index contributed by atoms with van der Waals surface area (Å²) < 4.78 is 4.94. The Labute approximate surface area is 107 Å². The molecule has 1 fully saturated rings. The van der Waals surface area contributed by atoms with E-state index in [-0.39, 0.29) is 11.1 Å². The van der Waals surface area contributed by atoms with E-state index in [9.17, 15) is 4.79 Å². The molecule has 1 saturated carbocycles. The molecule has 17 heavy (non-hydrogen) atoms. The van der Waals surface area contributed by atoms with E-state index < -0.39 is 0 Å². The van der Waals surface area contributed by atoms with Crippen molar-refractivity contribution in [2.75, 3.05) is 13.6 Å². The van der Waals surface area contributed by atoms with Crippen molar-refractivity contribution in [1.82, 2.24) is 4.90 Å². The number of furan rings is 1. The zero-order valence-corrected chi connectivity index (χ0v) is 10.9. The predicted octanol–water partition coefficient (Wildman–Crippen LogP) is 3.59. The number of carbonyl (C=O) groups is 1. The third kappa shape index (κ3) is 3.03. The van der Waals surface area contributed by atoms with Gasteiger partial charge >= 0.3 is 0 Å². The summed E-state index contributed by atoms with van der Waals surface area (Å²) in [7, 11) is 1.83. The minimum atomic E-state index is -0.0469. The SMILES string of the molecule is CN(CC1CCCCC1)C(=O)c1ccoc1Cl. The molecule has 0 bridgehead atoms. The molecule has 0 aliphatic heterocycles.